The number of hydrogen-bond acceptors (Lipinski definition) is 2. The molecule has 0 aliphatic heterocycles. The lowest BCUT2D eigenvalue weighted by Gasteiger charge is -1.95. The van der Waals surface area contributed by atoms with Crippen molar-refractivity contribution in [2.45, 2.75) is 6.54 Å². The van der Waals surface area contributed by atoms with Crippen molar-refractivity contribution >= 4 is 11.6 Å². The summed E-state index contributed by atoms with van der Waals surface area (Å²) in [4.78, 5) is 3.75. The molecule has 4 heteroatoms. The van der Waals surface area contributed by atoms with Crippen molar-refractivity contribution in [1.29, 1.82) is 0 Å². The van der Waals surface area contributed by atoms with Gasteiger partial charge in [-0.2, -0.15) is 0 Å². The minimum absolute atomic E-state index is 0.139. The Morgan fingerprint density at radius 1 is 1.60 bits per heavy atom. The average Bonchev–Trinajstić information content (AvgIpc) is 1.85. The number of pyridine rings is 1. The molecular weight excluding hydrogens is 155 g/mol. The number of nitrogens with two attached hydrogens (primary N) is 1. The van der Waals surface area contributed by atoms with E-state index < -0.39 is 5.82 Å². The molecular formula is C6H6ClFN2. The molecule has 0 fully saturated rings. The molecule has 0 radical (unpaired) electrons. The molecule has 0 aliphatic rings. The van der Waals surface area contributed by atoms with E-state index in [1.807, 2.05) is 0 Å². The zero-order valence-electron chi connectivity index (χ0n) is 5.14. The van der Waals surface area contributed by atoms with Crippen molar-refractivity contribution in [1.82, 2.24) is 4.98 Å². The minimum atomic E-state index is -0.402. The Morgan fingerprint density at radius 3 is 2.80 bits per heavy atom. The first kappa shape index (κ1) is 7.44. The molecule has 1 aromatic heterocycles. The van der Waals surface area contributed by atoms with Crippen LogP contribution in [0.5, 0.6) is 0 Å². The zero-order chi connectivity index (χ0) is 7.56. The maximum Gasteiger partial charge on any atom is 0.132 e. The number of nitrogens with zero attached hydrogens (tertiary/aromatic N) is 1. The highest BCUT2D eigenvalue weighted by atomic mass is 35.5. The molecule has 0 amide bonds. The van der Waals surface area contributed by atoms with Crippen molar-refractivity contribution in [2.24, 2.45) is 5.73 Å². The third-order valence-electron chi connectivity index (χ3n) is 1.02. The van der Waals surface area contributed by atoms with Crippen LogP contribution in [0.25, 0.3) is 0 Å². The summed E-state index contributed by atoms with van der Waals surface area (Å²) in [5.41, 5.74) is 5.66. The first-order valence-electron chi connectivity index (χ1n) is 2.74. The van der Waals surface area contributed by atoms with E-state index in [9.17, 15) is 4.39 Å². The maximum atomic E-state index is 12.4. The van der Waals surface area contributed by atoms with Crippen LogP contribution >= 0.6 is 11.6 Å². The first-order chi connectivity index (χ1) is 4.72. The molecule has 0 unspecified atom stereocenters. The normalized spacial score (nSPS) is 9.90. The topological polar surface area (TPSA) is 38.9 Å². The summed E-state index contributed by atoms with van der Waals surface area (Å²) in [7, 11) is 0. The van der Waals surface area contributed by atoms with E-state index in [1.165, 1.54) is 6.07 Å². The third-order valence-corrected chi connectivity index (χ3v) is 1.21. The molecule has 0 aliphatic carbocycles. The van der Waals surface area contributed by atoms with Gasteiger partial charge in [0, 0.05) is 12.6 Å². The highest BCUT2D eigenvalue weighted by molar-refractivity contribution is 6.29. The van der Waals surface area contributed by atoms with Crippen LogP contribution in [0, 0.1) is 5.82 Å². The van der Waals surface area contributed by atoms with Gasteiger partial charge >= 0.3 is 0 Å². The van der Waals surface area contributed by atoms with E-state index in [4.69, 9.17) is 17.3 Å². The lowest BCUT2D eigenvalue weighted by Crippen LogP contribution is -1.99. The molecule has 0 bridgehead atoms. The van der Waals surface area contributed by atoms with Gasteiger partial charge in [-0.15, -0.1) is 0 Å². The predicted molar refractivity (Wildman–Crippen MR) is 37.1 cm³/mol. The van der Waals surface area contributed by atoms with Crippen LogP contribution in [0.15, 0.2) is 12.1 Å². The van der Waals surface area contributed by atoms with Gasteiger partial charge in [-0.3, -0.25) is 0 Å². The fourth-order valence-electron chi connectivity index (χ4n) is 0.621. The van der Waals surface area contributed by atoms with Gasteiger partial charge in [0.05, 0.1) is 5.69 Å². The fourth-order valence-corrected chi connectivity index (χ4v) is 0.834. The number of aromatic nitrogens is 1. The van der Waals surface area contributed by atoms with Gasteiger partial charge in [0.25, 0.3) is 0 Å². The molecule has 10 heavy (non-hydrogen) atoms. The molecule has 0 aromatic carbocycles. The van der Waals surface area contributed by atoms with Crippen LogP contribution in [0.1, 0.15) is 5.69 Å². The highest BCUT2D eigenvalue weighted by Crippen LogP contribution is 2.08. The van der Waals surface area contributed by atoms with Gasteiger partial charge in [0.15, 0.2) is 0 Å². The maximum absolute atomic E-state index is 12.4. The molecule has 2 N–H and O–H groups in total. The quantitative estimate of drug-likeness (QED) is 0.630. The Morgan fingerprint density at radius 2 is 2.30 bits per heavy atom. The van der Waals surface area contributed by atoms with Crippen molar-refractivity contribution < 1.29 is 4.39 Å². The second-order valence-electron chi connectivity index (χ2n) is 1.80. The zero-order valence-corrected chi connectivity index (χ0v) is 5.90. The van der Waals surface area contributed by atoms with Gasteiger partial charge in [0.1, 0.15) is 11.0 Å². The van der Waals surface area contributed by atoms with E-state index in [0.29, 0.717) is 5.69 Å². The third kappa shape index (κ3) is 1.65. The molecule has 1 rings (SSSR count). The monoisotopic (exact) mass is 160 g/mol. The van der Waals surface area contributed by atoms with E-state index in [0.717, 1.165) is 6.07 Å². The summed E-state index contributed by atoms with van der Waals surface area (Å²) >= 11 is 5.42. The molecule has 2 nitrogen and oxygen atoms in total. The minimum Gasteiger partial charge on any atom is -0.325 e. The number of rotatable bonds is 1. The average molecular weight is 161 g/mol. The molecule has 1 heterocycles. The van der Waals surface area contributed by atoms with E-state index >= 15 is 0 Å². The van der Waals surface area contributed by atoms with E-state index in [1.54, 1.807) is 0 Å². The second kappa shape index (κ2) is 2.94. The Kier molecular flexibility index (Phi) is 2.19. The molecule has 0 spiro atoms. The summed E-state index contributed by atoms with van der Waals surface area (Å²) in [6.07, 6.45) is 0. The first-order valence-corrected chi connectivity index (χ1v) is 3.12. The van der Waals surface area contributed by atoms with Crippen molar-refractivity contribution in [3.05, 3.63) is 28.8 Å². The Balaban J connectivity index is 3.06. The van der Waals surface area contributed by atoms with Crippen LogP contribution in [-0.4, -0.2) is 4.98 Å². The van der Waals surface area contributed by atoms with Crippen LogP contribution in [0.2, 0.25) is 5.15 Å². The van der Waals surface area contributed by atoms with Crippen molar-refractivity contribution in [3.8, 4) is 0 Å². The standard InChI is InChI=1S/C6H6ClFN2/c7-6-2-4(8)1-5(3-9)10-6/h1-2H,3,9H2. The summed E-state index contributed by atoms with van der Waals surface area (Å²) in [6, 6.07) is 2.40. The molecule has 54 valence electrons. The van der Waals surface area contributed by atoms with Crippen molar-refractivity contribution in [3.63, 3.8) is 0 Å². The Bertz CT molecular complexity index is 219. The largest absolute Gasteiger partial charge is 0.325 e. The Labute approximate surface area is 62.8 Å². The van der Waals surface area contributed by atoms with Crippen LogP contribution in [0.3, 0.4) is 0 Å². The summed E-state index contributed by atoms with van der Waals surface area (Å²) in [5, 5.41) is 0.139. The van der Waals surface area contributed by atoms with Gasteiger partial charge in [-0.05, 0) is 6.07 Å². The number of halogens is 2. The summed E-state index contributed by atoms with van der Waals surface area (Å²) < 4.78 is 12.4. The van der Waals surface area contributed by atoms with Crippen molar-refractivity contribution in [2.75, 3.05) is 0 Å². The fraction of sp³-hybridized carbons (Fsp3) is 0.167. The second-order valence-corrected chi connectivity index (χ2v) is 2.19. The van der Waals surface area contributed by atoms with Gasteiger partial charge < -0.3 is 5.73 Å². The molecule has 0 saturated heterocycles. The lowest BCUT2D eigenvalue weighted by atomic mass is 10.3. The van der Waals surface area contributed by atoms with Gasteiger partial charge in [-0.25, -0.2) is 9.37 Å². The van der Waals surface area contributed by atoms with Gasteiger partial charge in [-0.1, -0.05) is 11.6 Å². The summed E-state index contributed by atoms with van der Waals surface area (Å²) in [6.45, 7) is 0.206. The lowest BCUT2D eigenvalue weighted by molar-refractivity contribution is 0.622. The predicted octanol–water partition coefficient (Wildman–Crippen LogP) is 1.33. The number of hydrogen-bond donors (Lipinski definition) is 1. The molecule has 0 atom stereocenters. The molecule has 1 aromatic rings. The van der Waals surface area contributed by atoms with Gasteiger partial charge in [0.2, 0.25) is 0 Å². The SMILES string of the molecule is NCc1cc(F)cc(Cl)n1. The molecule has 0 saturated carbocycles. The smallest absolute Gasteiger partial charge is 0.132 e. The summed E-state index contributed by atoms with van der Waals surface area (Å²) in [5.74, 6) is -0.402. The van der Waals surface area contributed by atoms with Crippen LogP contribution < -0.4 is 5.73 Å². The van der Waals surface area contributed by atoms with Crippen LogP contribution in [0.4, 0.5) is 4.39 Å². The Hall–Kier alpha value is -0.670. The van der Waals surface area contributed by atoms with E-state index in [-0.39, 0.29) is 11.7 Å². The van der Waals surface area contributed by atoms with E-state index in [2.05, 4.69) is 4.98 Å². The van der Waals surface area contributed by atoms with Crippen LogP contribution in [-0.2, 0) is 6.54 Å². The highest BCUT2D eigenvalue weighted by Gasteiger charge is 1.97.